The van der Waals surface area contributed by atoms with Crippen LogP contribution in [0.1, 0.15) is 35.4 Å². The lowest BCUT2D eigenvalue weighted by Gasteiger charge is -2.26. The quantitative estimate of drug-likeness (QED) is 0.402. The van der Waals surface area contributed by atoms with Crippen LogP contribution in [0.3, 0.4) is 0 Å². The summed E-state index contributed by atoms with van der Waals surface area (Å²) in [5, 5.41) is 0.731. The van der Waals surface area contributed by atoms with Crippen molar-refractivity contribution in [2.75, 3.05) is 24.5 Å². The van der Waals surface area contributed by atoms with E-state index in [4.69, 9.17) is 4.42 Å². The Morgan fingerprint density at radius 1 is 0.971 bits per heavy atom. The van der Waals surface area contributed by atoms with Gasteiger partial charge in [-0.05, 0) is 67.3 Å². The van der Waals surface area contributed by atoms with Gasteiger partial charge < -0.3 is 9.32 Å². The molecular formula is C25H23N3O4S2. The van der Waals surface area contributed by atoms with Crippen molar-refractivity contribution in [3.05, 3.63) is 65.9 Å². The maximum absolute atomic E-state index is 13.2. The number of furan rings is 1. The fourth-order valence-corrected chi connectivity index (χ4v) is 7.18. The van der Waals surface area contributed by atoms with Gasteiger partial charge >= 0.3 is 0 Å². The van der Waals surface area contributed by atoms with Crippen LogP contribution in [0.2, 0.25) is 0 Å². The van der Waals surface area contributed by atoms with Crippen molar-refractivity contribution in [3.8, 4) is 10.8 Å². The number of rotatable bonds is 4. The summed E-state index contributed by atoms with van der Waals surface area (Å²) in [5.41, 5.74) is 2.50. The van der Waals surface area contributed by atoms with Gasteiger partial charge in [0.05, 0.1) is 15.1 Å². The molecule has 0 N–H and O–H groups in total. The number of anilines is 1. The fourth-order valence-electron chi connectivity index (χ4n) is 4.68. The normalized spacial score (nSPS) is 16.8. The van der Waals surface area contributed by atoms with Crippen molar-refractivity contribution in [1.82, 2.24) is 9.29 Å². The number of piperidine rings is 1. The molecular weight excluding hydrogens is 470 g/mol. The van der Waals surface area contributed by atoms with Crippen molar-refractivity contribution < 1.29 is 17.6 Å². The summed E-state index contributed by atoms with van der Waals surface area (Å²) < 4.78 is 34.6. The van der Waals surface area contributed by atoms with E-state index < -0.39 is 10.0 Å². The molecule has 0 radical (unpaired) electrons. The van der Waals surface area contributed by atoms with E-state index in [2.05, 4.69) is 4.98 Å². The number of carbonyl (C=O) groups is 1. The molecule has 2 aliphatic rings. The maximum atomic E-state index is 13.2. The number of nitrogens with zero attached hydrogens (tertiary/aromatic N) is 3. The van der Waals surface area contributed by atoms with Gasteiger partial charge in [0.25, 0.3) is 5.91 Å². The molecule has 0 saturated carbocycles. The minimum Gasteiger partial charge on any atom is -0.448 e. The number of para-hydroxylation sites is 1. The first-order chi connectivity index (χ1) is 16.5. The molecule has 2 aromatic heterocycles. The van der Waals surface area contributed by atoms with Gasteiger partial charge in [0.2, 0.25) is 10.0 Å². The van der Waals surface area contributed by atoms with Crippen LogP contribution in [0.5, 0.6) is 0 Å². The van der Waals surface area contributed by atoms with Gasteiger partial charge in [0, 0.05) is 25.3 Å². The lowest BCUT2D eigenvalue weighted by Crippen LogP contribution is -2.35. The molecule has 2 aliphatic heterocycles. The molecule has 2 aromatic carbocycles. The number of hydrogen-bond donors (Lipinski definition) is 0. The van der Waals surface area contributed by atoms with Gasteiger partial charge in [-0.25, -0.2) is 13.4 Å². The molecule has 34 heavy (non-hydrogen) atoms. The summed E-state index contributed by atoms with van der Waals surface area (Å²) in [5.74, 6) is 0.566. The zero-order valence-electron chi connectivity index (χ0n) is 18.4. The average Bonchev–Trinajstić information content (AvgIpc) is 3.61. The molecule has 4 heterocycles. The molecule has 9 heteroatoms. The van der Waals surface area contributed by atoms with E-state index in [1.54, 1.807) is 39.5 Å². The molecule has 1 saturated heterocycles. The molecule has 7 nitrogen and oxygen atoms in total. The summed E-state index contributed by atoms with van der Waals surface area (Å²) in [6.07, 6.45) is 3.47. The Labute approximate surface area is 201 Å². The summed E-state index contributed by atoms with van der Waals surface area (Å²) in [4.78, 5) is 19.8. The van der Waals surface area contributed by atoms with E-state index in [0.29, 0.717) is 36.7 Å². The van der Waals surface area contributed by atoms with Crippen LogP contribution in [0.4, 0.5) is 5.69 Å². The minimum absolute atomic E-state index is 0.238. The van der Waals surface area contributed by atoms with E-state index in [-0.39, 0.29) is 11.7 Å². The minimum atomic E-state index is -3.51. The smallest absolute Gasteiger partial charge is 0.294 e. The summed E-state index contributed by atoms with van der Waals surface area (Å²) in [6, 6.07) is 16.4. The molecule has 0 bridgehead atoms. The molecule has 0 atom stereocenters. The molecule has 174 valence electrons. The van der Waals surface area contributed by atoms with E-state index in [9.17, 15) is 13.2 Å². The van der Waals surface area contributed by atoms with E-state index in [1.807, 2.05) is 24.3 Å². The largest absolute Gasteiger partial charge is 0.448 e. The number of benzene rings is 2. The Hall–Kier alpha value is -3.01. The second-order valence-corrected chi connectivity index (χ2v) is 11.6. The number of sulfonamides is 1. The first-order valence-corrected chi connectivity index (χ1v) is 13.7. The van der Waals surface area contributed by atoms with Crippen molar-refractivity contribution in [2.24, 2.45) is 0 Å². The van der Waals surface area contributed by atoms with Crippen LogP contribution in [0, 0.1) is 0 Å². The molecule has 1 amide bonds. The molecule has 4 aromatic rings. The van der Waals surface area contributed by atoms with E-state index in [1.165, 1.54) is 11.3 Å². The van der Waals surface area contributed by atoms with Crippen molar-refractivity contribution in [1.29, 1.82) is 0 Å². The SMILES string of the molecule is O=C(c1ccc(-c2nc3ccccc3s2)o1)N1CCc2cc(S(=O)(=O)N3CCCCC3)ccc21. The van der Waals surface area contributed by atoms with Gasteiger partial charge in [-0.15, -0.1) is 11.3 Å². The van der Waals surface area contributed by atoms with E-state index >= 15 is 0 Å². The zero-order chi connectivity index (χ0) is 23.3. The second-order valence-electron chi connectivity index (χ2n) is 8.61. The van der Waals surface area contributed by atoms with Crippen LogP contribution in [0.25, 0.3) is 21.0 Å². The van der Waals surface area contributed by atoms with Gasteiger partial charge in [-0.3, -0.25) is 4.79 Å². The highest BCUT2D eigenvalue weighted by molar-refractivity contribution is 7.89. The van der Waals surface area contributed by atoms with E-state index in [0.717, 1.165) is 45.7 Å². The number of aromatic nitrogens is 1. The number of thiazole rings is 1. The second kappa shape index (κ2) is 8.33. The predicted octanol–water partition coefficient (Wildman–Crippen LogP) is 4.93. The van der Waals surface area contributed by atoms with Gasteiger partial charge in [0.1, 0.15) is 0 Å². The molecule has 0 unspecified atom stereocenters. The first kappa shape index (κ1) is 21.5. The highest BCUT2D eigenvalue weighted by Gasteiger charge is 2.31. The maximum Gasteiger partial charge on any atom is 0.294 e. The van der Waals surface area contributed by atoms with Crippen LogP contribution >= 0.6 is 11.3 Å². The Bertz CT molecular complexity index is 1470. The number of amides is 1. The fraction of sp³-hybridized carbons (Fsp3) is 0.280. The Kier molecular flexibility index (Phi) is 5.28. The zero-order valence-corrected chi connectivity index (χ0v) is 20.1. The van der Waals surface area contributed by atoms with Gasteiger partial charge in [-0.2, -0.15) is 4.31 Å². The van der Waals surface area contributed by atoms with Crippen LogP contribution < -0.4 is 4.90 Å². The molecule has 6 rings (SSSR count). The summed E-state index contributed by atoms with van der Waals surface area (Å²) in [7, 11) is -3.51. The highest BCUT2D eigenvalue weighted by atomic mass is 32.2. The third kappa shape index (κ3) is 3.64. The third-order valence-electron chi connectivity index (χ3n) is 6.47. The Balaban J connectivity index is 1.25. The van der Waals surface area contributed by atoms with Gasteiger partial charge in [0.15, 0.2) is 16.5 Å². The predicted molar refractivity (Wildman–Crippen MR) is 132 cm³/mol. The Morgan fingerprint density at radius 2 is 1.79 bits per heavy atom. The van der Waals surface area contributed by atoms with Crippen LogP contribution in [-0.2, 0) is 16.4 Å². The third-order valence-corrected chi connectivity index (χ3v) is 9.41. The van der Waals surface area contributed by atoms with Crippen molar-refractivity contribution in [3.63, 3.8) is 0 Å². The van der Waals surface area contributed by atoms with Crippen LogP contribution in [0.15, 0.2) is 63.9 Å². The highest BCUT2D eigenvalue weighted by Crippen LogP contribution is 2.35. The summed E-state index contributed by atoms with van der Waals surface area (Å²) in [6.45, 7) is 1.62. The van der Waals surface area contributed by atoms with Crippen molar-refractivity contribution in [2.45, 2.75) is 30.6 Å². The number of hydrogen-bond acceptors (Lipinski definition) is 6. The lowest BCUT2D eigenvalue weighted by atomic mass is 10.2. The van der Waals surface area contributed by atoms with Crippen molar-refractivity contribution >= 4 is 43.2 Å². The lowest BCUT2D eigenvalue weighted by molar-refractivity contribution is 0.0963. The Morgan fingerprint density at radius 3 is 2.62 bits per heavy atom. The molecule has 1 fully saturated rings. The number of carbonyl (C=O) groups excluding carboxylic acids is 1. The average molecular weight is 494 g/mol. The standard InChI is InChI=1S/C25H23N3O4S2/c29-25(22-11-10-21(32-22)24-26-19-6-2-3-7-23(19)33-24)28-15-12-17-16-18(8-9-20(17)28)34(30,31)27-13-4-1-5-14-27/h2-3,6-11,16H,1,4-5,12-15H2. The summed E-state index contributed by atoms with van der Waals surface area (Å²) >= 11 is 1.52. The topological polar surface area (TPSA) is 83.7 Å². The monoisotopic (exact) mass is 493 g/mol. The van der Waals surface area contributed by atoms with Gasteiger partial charge in [-0.1, -0.05) is 18.6 Å². The number of fused-ring (bicyclic) bond motifs is 2. The first-order valence-electron chi connectivity index (χ1n) is 11.4. The molecule has 0 spiro atoms. The van der Waals surface area contributed by atoms with Crippen LogP contribution in [-0.4, -0.2) is 43.2 Å². The molecule has 0 aliphatic carbocycles.